The lowest BCUT2D eigenvalue weighted by atomic mass is 10.1. The quantitative estimate of drug-likeness (QED) is 0.549. The maximum absolute atomic E-state index is 12.6. The van der Waals surface area contributed by atoms with E-state index in [1.54, 1.807) is 0 Å². The molecule has 2 aromatic rings. The molecule has 2 heterocycles. The predicted molar refractivity (Wildman–Crippen MR) is 115 cm³/mol. The summed E-state index contributed by atoms with van der Waals surface area (Å²) in [5, 5.41) is -0.200. The number of carbonyl (C=O) groups excluding carboxylic acids is 2. The van der Waals surface area contributed by atoms with Gasteiger partial charge in [-0.3, -0.25) is 14.5 Å². The van der Waals surface area contributed by atoms with Crippen molar-refractivity contribution in [1.29, 1.82) is 0 Å². The number of amides is 2. The molecule has 1 aromatic heterocycles. The summed E-state index contributed by atoms with van der Waals surface area (Å²) in [4.78, 5) is 26.5. The zero-order valence-electron chi connectivity index (χ0n) is 16.4. The van der Waals surface area contributed by atoms with Gasteiger partial charge < -0.3 is 4.57 Å². The summed E-state index contributed by atoms with van der Waals surface area (Å²) in [5.41, 5.74) is 6.54. The van der Waals surface area contributed by atoms with Gasteiger partial charge >= 0.3 is 0 Å². The molecule has 1 aromatic carbocycles. The number of thioether (sulfide) groups is 1. The third kappa shape index (κ3) is 3.52. The van der Waals surface area contributed by atoms with Gasteiger partial charge in [-0.1, -0.05) is 15.9 Å². The summed E-state index contributed by atoms with van der Waals surface area (Å²) in [6.07, 6.45) is 1.84. The van der Waals surface area contributed by atoms with Gasteiger partial charge in [0.15, 0.2) is 0 Å². The zero-order valence-corrected chi connectivity index (χ0v) is 18.8. The van der Waals surface area contributed by atoms with E-state index >= 15 is 0 Å². The monoisotopic (exact) mass is 446 g/mol. The van der Waals surface area contributed by atoms with E-state index in [1.807, 2.05) is 26.8 Å². The Hall–Kier alpha value is -1.79. The SMILES string of the molecule is Cc1cc(-n2c(C)cc(/C=C3\SC(=O)N(C(C)C)C3=O)c2C)cc(C)c1Br. The van der Waals surface area contributed by atoms with Crippen molar-refractivity contribution >= 4 is 44.9 Å². The van der Waals surface area contributed by atoms with Gasteiger partial charge in [-0.25, -0.2) is 0 Å². The second-order valence-corrected chi connectivity index (χ2v) is 8.99. The lowest BCUT2D eigenvalue weighted by Crippen LogP contribution is -2.34. The fraction of sp³-hybridized carbons (Fsp3) is 0.333. The molecule has 4 nitrogen and oxygen atoms in total. The van der Waals surface area contributed by atoms with Gasteiger partial charge in [0.05, 0.1) is 4.91 Å². The molecule has 1 aliphatic heterocycles. The number of aryl methyl sites for hydroxylation is 3. The van der Waals surface area contributed by atoms with E-state index < -0.39 is 0 Å². The van der Waals surface area contributed by atoms with E-state index in [1.165, 1.54) is 16.0 Å². The number of hydrogen-bond acceptors (Lipinski definition) is 3. The first-order valence-electron chi connectivity index (χ1n) is 8.85. The minimum Gasteiger partial charge on any atom is -0.318 e. The number of rotatable bonds is 3. The summed E-state index contributed by atoms with van der Waals surface area (Å²) >= 11 is 4.63. The standard InChI is InChI=1S/C21H23BrN2O2S/c1-11(2)23-20(25)18(27-21(23)26)10-16-9-14(5)24(15(16)6)17-7-12(3)19(22)13(4)8-17/h7-11H,1-6H3/b18-10-. The molecule has 0 atom stereocenters. The van der Waals surface area contributed by atoms with Gasteiger partial charge in [0.25, 0.3) is 11.1 Å². The molecule has 1 aliphatic rings. The Kier molecular flexibility index (Phi) is 5.41. The number of nitrogens with zero attached hydrogens (tertiary/aromatic N) is 2. The van der Waals surface area contributed by atoms with Crippen LogP contribution in [0.15, 0.2) is 27.6 Å². The van der Waals surface area contributed by atoms with Crippen molar-refractivity contribution in [1.82, 2.24) is 9.47 Å². The number of hydrogen-bond donors (Lipinski definition) is 0. The highest BCUT2D eigenvalue weighted by molar-refractivity contribution is 9.10. The third-order valence-electron chi connectivity index (χ3n) is 4.78. The molecule has 2 amide bonds. The lowest BCUT2D eigenvalue weighted by molar-refractivity contribution is -0.123. The van der Waals surface area contributed by atoms with E-state index in [9.17, 15) is 9.59 Å². The lowest BCUT2D eigenvalue weighted by Gasteiger charge is -2.16. The van der Waals surface area contributed by atoms with Crippen molar-refractivity contribution in [3.8, 4) is 5.69 Å². The van der Waals surface area contributed by atoms with E-state index in [0.717, 1.165) is 38.9 Å². The van der Waals surface area contributed by atoms with Crippen LogP contribution in [0.1, 0.15) is 41.9 Å². The van der Waals surface area contributed by atoms with Gasteiger partial charge in [-0.05, 0) is 94.3 Å². The molecular formula is C21H23BrN2O2S. The highest BCUT2D eigenvalue weighted by atomic mass is 79.9. The molecule has 0 spiro atoms. The van der Waals surface area contributed by atoms with Crippen LogP contribution in [0.25, 0.3) is 11.8 Å². The van der Waals surface area contributed by atoms with Crippen LogP contribution in [0.4, 0.5) is 4.79 Å². The van der Waals surface area contributed by atoms with Crippen molar-refractivity contribution in [2.45, 2.75) is 47.6 Å². The first kappa shape index (κ1) is 20.0. The Labute approximate surface area is 172 Å². The second-order valence-electron chi connectivity index (χ2n) is 7.20. The van der Waals surface area contributed by atoms with E-state index in [0.29, 0.717) is 4.91 Å². The molecule has 3 rings (SSSR count). The molecule has 1 saturated heterocycles. The Morgan fingerprint density at radius 3 is 2.15 bits per heavy atom. The van der Waals surface area contributed by atoms with Crippen LogP contribution in [0.5, 0.6) is 0 Å². The van der Waals surface area contributed by atoms with Crippen LogP contribution in [-0.4, -0.2) is 26.7 Å². The molecule has 0 aliphatic carbocycles. The average molecular weight is 447 g/mol. The van der Waals surface area contributed by atoms with E-state index in [4.69, 9.17) is 0 Å². The molecule has 6 heteroatoms. The molecule has 0 radical (unpaired) electrons. The van der Waals surface area contributed by atoms with Gasteiger partial charge in [0.2, 0.25) is 0 Å². The maximum atomic E-state index is 12.6. The third-order valence-corrected chi connectivity index (χ3v) is 6.91. The van der Waals surface area contributed by atoms with Crippen molar-refractivity contribution in [2.75, 3.05) is 0 Å². The highest BCUT2D eigenvalue weighted by Gasteiger charge is 2.36. The van der Waals surface area contributed by atoms with Crippen molar-refractivity contribution < 1.29 is 9.59 Å². The van der Waals surface area contributed by atoms with Crippen LogP contribution in [0.2, 0.25) is 0 Å². The largest absolute Gasteiger partial charge is 0.318 e. The van der Waals surface area contributed by atoms with Gasteiger partial charge in [-0.2, -0.15) is 0 Å². The highest BCUT2D eigenvalue weighted by Crippen LogP contribution is 2.35. The summed E-state index contributed by atoms with van der Waals surface area (Å²) in [6.45, 7) is 12.0. The van der Waals surface area contributed by atoms with Gasteiger partial charge in [0, 0.05) is 27.6 Å². The topological polar surface area (TPSA) is 42.3 Å². The molecule has 142 valence electrons. The minimum atomic E-state index is -0.208. The molecule has 27 heavy (non-hydrogen) atoms. The Bertz CT molecular complexity index is 965. The first-order chi connectivity index (χ1) is 12.6. The number of imide groups is 1. The van der Waals surface area contributed by atoms with Crippen molar-refractivity contribution in [3.05, 3.63) is 55.7 Å². The average Bonchev–Trinajstić information content (AvgIpc) is 3.00. The zero-order chi connectivity index (χ0) is 20.0. The molecule has 1 fully saturated rings. The fourth-order valence-electron chi connectivity index (χ4n) is 3.45. The number of carbonyl (C=O) groups is 2. The molecule has 0 unspecified atom stereocenters. The summed E-state index contributed by atoms with van der Waals surface area (Å²) in [5.74, 6) is -0.208. The number of halogens is 1. The van der Waals surface area contributed by atoms with Crippen molar-refractivity contribution in [2.24, 2.45) is 0 Å². The van der Waals surface area contributed by atoms with Crippen LogP contribution in [0.3, 0.4) is 0 Å². The first-order valence-corrected chi connectivity index (χ1v) is 10.5. The Balaban J connectivity index is 2.05. The summed E-state index contributed by atoms with van der Waals surface area (Å²) < 4.78 is 3.31. The van der Waals surface area contributed by atoms with Crippen LogP contribution in [0, 0.1) is 27.7 Å². The van der Waals surface area contributed by atoms with Gasteiger partial charge in [-0.15, -0.1) is 0 Å². The molecule has 0 saturated carbocycles. The maximum Gasteiger partial charge on any atom is 0.293 e. The smallest absolute Gasteiger partial charge is 0.293 e. The Morgan fingerprint density at radius 1 is 1.04 bits per heavy atom. The fourth-order valence-corrected chi connectivity index (χ4v) is 4.63. The van der Waals surface area contributed by atoms with Crippen LogP contribution >= 0.6 is 27.7 Å². The molecule has 0 N–H and O–H groups in total. The molecule has 0 bridgehead atoms. The van der Waals surface area contributed by atoms with Crippen molar-refractivity contribution in [3.63, 3.8) is 0 Å². The van der Waals surface area contributed by atoms with Gasteiger partial charge in [0.1, 0.15) is 0 Å². The van der Waals surface area contributed by atoms with Crippen LogP contribution < -0.4 is 0 Å². The number of benzene rings is 1. The molecular weight excluding hydrogens is 424 g/mol. The number of aromatic nitrogens is 1. The normalized spacial score (nSPS) is 16.3. The second kappa shape index (κ2) is 7.32. The van der Waals surface area contributed by atoms with E-state index in [2.05, 4.69) is 59.5 Å². The summed E-state index contributed by atoms with van der Waals surface area (Å²) in [7, 11) is 0. The summed E-state index contributed by atoms with van der Waals surface area (Å²) in [6, 6.07) is 6.22. The van der Waals surface area contributed by atoms with E-state index in [-0.39, 0.29) is 17.2 Å². The van der Waals surface area contributed by atoms with Crippen LogP contribution in [-0.2, 0) is 4.79 Å². The predicted octanol–water partition coefficient (Wildman–Crippen LogP) is 5.92. The Morgan fingerprint density at radius 2 is 1.63 bits per heavy atom. The minimum absolute atomic E-state index is 0.135.